The van der Waals surface area contributed by atoms with E-state index in [2.05, 4.69) is 26.6 Å². The summed E-state index contributed by atoms with van der Waals surface area (Å²) in [6, 6.07) is 15.8. The molecule has 31 heavy (non-hydrogen) atoms. The molecule has 1 saturated heterocycles. The molecule has 1 N–H and O–H groups in total. The molecule has 4 rings (SSSR count). The second-order valence-corrected chi connectivity index (χ2v) is 8.40. The summed E-state index contributed by atoms with van der Waals surface area (Å²) in [5.74, 6) is 2.20. The number of nitrogens with zero attached hydrogens (tertiary/aromatic N) is 2. The van der Waals surface area contributed by atoms with Crippen molar-refractivity contribution in [2.45, 2.75) is 31.4 Å². The molecule has 1 fully saturated rings. The summed E-state index contributed by atoms with van der Waals surface area (Å²) in [6.07, 6.45) is 1.31. The van der Waals surface area contributed by atoms with Gasteiger partial charge in [0.25, 0.3) is 0 Å². The fraction of sp³-hybridized carbons (Fsp3) is 0.435. The van der Waals surface area contributed by atoms with Crippen molar-refractivity contribution in [2.24, 2.45) is 0 Å². The van der Waals surface area contributed by atoms with Crippen LogP contribution in [0, 0.1) is 0 Å². The van der Waals surface area contributed by atoms with E-state index in [9.17, 15) is 5.11 Å². The number of imidazole rings is 1. The highest BCUT2D eigenvalue weighted by molar-refractivity contribution is 9.10. The van der Waals surface area contributed by atoms with Crippen molar-refractivity contribution in [1.82, 2.24) is 9.55 Å². The van der Waals surface area contributed by atoms with Gasteiger partial charge >= 0.3 is 0 Å². The zero-order chi connectivity index (χ0) is 20.8. The lowest BCUT2D eigenvalue weighted by Crippen LogP contribution is -2.26. The summed E-state index contributed by atoms with van der Waals surface area (Å²) in [5.41, 5.74) is 2.02. The van der Waals surface area contributed by atoms with Crippen molar-refractivity contribution in [3.05, 3.63) is 58.8 Å². The molecule has 1 unspecified atom stereocenters. The van der Waals surface area contributed by atoms with E-state index in [-0.39, 0.29) is 19.0 Å². The molecule has 0 saturated carbocycles. The Morgan fingerprint density at radius 1 is 1.10 bits per heavy atom. The maximum absolute atomic E-state index is 10.6. The van der Waals surface area contributed by atoms with Gasteiger partial charge in [-0.05, 0) is 49.2 Å². The second kappa shape index (κ2) is 11.8. The SMILES string of the molecule is Cl.OC(COCCOc1ccc(Br)cc1)Cn1c(C2CCOCC2)nc2ccccc21. The van der Waals surface area contributed by atoms with Gasteiger partial charge in [-0.15, -0.1) is 12.4 Å². The molecule has 1 atom stereocenters. The molecule has 0 bridgehead atoms. The topological polar surface area (TPSA) is 65.7 Å². The number of rotatable bonds is 9. The molecule has 0 spiro atoms. The van der Waals surface area contributed by atoms with Gasteiger partial charge in [0.1, 0.15) is 18.2 Å². The van der Waals surface area contributed by atoms with Crippen molar-refractivity contribution in [3.63, 3.8) is 0 Å². The number of halogens is 2. The standard InChI is InChI=1S/C23H27BrN2O4.ClH/c24-18-5-7-20(8-6-18)30-14-13-29-16-19(27)15-26-22-4-2-1-3-21(22)25-23(26)17-9-11-28-12-10-17;/h1-8,17,19,27H,9-16H2;1H. The Labute approximate surface area is 197 Å². The summed E-state index contributed by atoms with van der Waals surface area (Å²) in [6.45, 7) is 3.10. The Morgan fingerprint density at radius 3 is 2.61 bits per heavy atom. The highest BCUT2D eigenvalue weighted by atomic mass is 79.9. The zero-order valence-corrected chi connectivity index (χ0v) is 19.7. The Bertz CT molecular complexity index is 944. The van der Waals surface area contributed by atoms with Crippen LogP contribution in [0.1, 0.15) is 24.6 Å². The lowest BCUT2D eigenvalue weighted by molar-refractivity contribution is 0.0170. The van der Waals surface area contributed by atoms with Gasteiger partial charge in [-0.3, -0.25) is 0 Å². The Balaban J connectivity index is 0.00000272. The van der Waals surface area contributed by atoms with Crippen molar-refractivity contribution in [1.29, 1.82) is 0 Å². The van der Waals surface area contributed by atoms with Gasteiger partial charge in [-0.1, -0.05) is 28.1 Å². The summed E-state index contributed by atoms with van der Waals surface area (Å²) in [5, 5.41) is 10.6. The Morgan fingerprint density at radius 2 is 1.84 bits per heavy atom. The first kappa shape index (κ1) is 24.0. The maximum atomic E-state index is 10.6. The monoisotopic (exact) mass is 510 g/mol. The van der Waals surface area contributed by atoms with E-state index in [4.69, 9.17) is 19.2 Å². The molecule has 0 radical (unpaired) electrons. The van der Waals surface area contributed by atoms with Crippen LogP contribution in [0.15, 0.2) is 53.0 Å². The zero-order valence-electron chi connectivity index (χ0n) is 17.3. The lowest BCUT2D eigenvalue weighted by Gasteiger charge is -2.23. The molecule has 0 aliphatic carbocycles. The molecule has 2 aromatic carbocycles. The van der Waals surface area contributed by atoms with Gasteiger partial charge in [0.2, 0.25) is 0 Å². The summed E-state index contributed by atoms with van der Waals surface area (Å²) < 4.78 is 20.0. The third-order valence-electron chi connectivity index (χ3n) is 5.28. The first-order valence-electron chi connectivity index (χ1n) is 10.4. The molecular weight excluding hydrogens is 484 g/mol. The van der Waals surface area contributed by atoms with Crippen LogP contribution in [-0.4, -0.2) is 53.8 Å². The van der Waals surface area contributed by atoms with E-state index >= 15 is 0 Å². The number of para-hydroxylation sites is 2. The number of aliphatic hydroxyl groups excluding tert-OH is 1. The first-order valence-corrected chi connectivity index (χ1v) is 11.2. The third-order valence-corrected chi connectivity index (χ3v) is 5.81. The molecule has 2 heterocycles. The lowest BCUT2D eigenvalue weighted by atomic mass is 9.99. The molecule has 1 aliphatic rings. The van der Waals surface area contributed by atoms with Gasteiger partial charge in [0.05, 0.1) is 36.9 Å². The van der Waals surface area contributed by atoms with Gasteiger partial charge in [0, 0.05) is 23.6 Å². The van der Waals surface area contributed by atoms with Crippen molar-refractivity contribution < 1.29 is 19.3 Å². The molecular formula is C23H28BrClN2O4. The average molecular weight is 512 g/mol. The van der Waals surface area contributed by atoms with Crippen LogP contribution < -0.4 is 4.74 Å². The molecule has 1 aromatic heterocycles. The van der Waals surface area contributed by atoms with Gasteiger partial charge in [-0.2, -0.15) is 0 Å². The number of hydrogen-bond donors (Lipinski definition) is 1. The summed E-state index contributed by atoms with van der Waals surface area (Å²) in [4.78, 5) is 4.87. The minimum absolute atomic E-state index is 0. The fourth-order valence-corrected chi connectivity index (χ4v) is 4.05. The van der Waals surface area contributed by atoms with Gasteiger partial charge in [-0.25, -0.2) is 4.98 Å². The van der Waals surface area contributed by atoms with Crippen LogP contribution in [0.5, 0.6) is 5.75 Å². The number of benzene rings is 2. The number of ether oxygens (including phenoxy) is 3. The Kier molecular flexibility index (Phi) is 9.16. The Hall–Kier alpha value is -1.64. The minimum Gasteiger partial charge on any atom is -0.491 e. The second-order valence-electron chi connectivity index (χ2n) is 7.49. The first-order chi connectivity index (χ1) is 14.7. The number of fused-ring (bicyclic) bond motifs is 1. The number of aromatic nitrogens is 2. The smallest absolute Gasteiger partial charge is 0.119 e. The minimum atomic E-state index is -0.617. The highest BCUT2D eigenvalue weighted by Crippen LogP contribution is 2.29. The van der Waals surface area contributed by atoms with Crippen LogP contribution in [0.3, 0.4) is 0 Å². The van der Waals surface area contributed by atoms with E-state index < -0.39 is 6.10 Å². The van der Waals surface area contributed by atoms with Gasteiger partial charge < -0.3 is 23.9 Å². The molecule has 168 valence electrons. The summed E-state index contributed by atoms with van der Waals surface area (Å²) in [7, 11) is 0. The number of hydrogen-bond acceptors (Lipinski definition) is 5. The predicted octanol–water partition coefficient (Wildman–Crippen LogP) is 4.57. The van der Waals surface area contributed by atoms with E-state index in [1.54, 1.807) is 0 Å². The predicted molar refractivity (Wildman–Crippen MR) is 126 cm³/mol. The highest BCUT2D eigenvalue weighted by Gasteiger charge is 2.23. The fourth-order valence-electron chi connectivity index (χ4n) is 3.79. The van der Waals surface area contributed by atoms with E-state index in [1.165, 1.54) is 0 Å². The molecule has 0 amide bonds. The van der Waals surface area contributed by atoms with E-state index in [0.29, 0.717) is 25.7 Å². The quantitative estimate of drug-likeness (QED) is 0.426. The van der Waals surface area contributed by atoms with E-state index in [0.717, 1.165) is 53.1 Å². The van der Waals surface area contributed by atoms with Crippen molar-refractivity contribution >= 4 is 39.4 Å². The third kappa shape index (κ3) is 6.43. The number of aliphatic hydroxyl groups is 1. The summed E-state index contributed by atoms with van der Waals surface area (Å²) >= 11 is 3.40. The van der Waals surface area contributed by atoms with Crippen molar-refractivity contribution in [3.8, 4) is 5.75 Å². The van der Waals surface area contributed by atoms with Crippen LogP contribution in [-0.2, 0) is 16.0 Å². The normalized spacial score (nSPS) is 15.5. The van der Waals surface area contributed by atoms with Crippen LogP contribution in [0.4, 0.5) is 0 Å². The van der Waals surface area contributed by atoms with Crippen LogP contribution in [0.25, 0.3) is 11.0 Å². The van der Waals surface area contributed by atoms with Crippen LogP contribution in [0.2, 0.25) is 0 Å². The molecule has 6 nitrogen and oxygen atoms in total. The average Bonchev–Trinajstić information content (AvgIpc) is 3.14. The molecule has 3 aromatic rings. The van der Waals surface area contributed by atoms with Crippen LogP contribution >= 0.6 is 28.3 Å². The largest absolute Gasteiger partial charge is 0.491 e. The van der Waals surface area contributed by atoms with E-state index in [1.807, 2.05) is 42.5 Å². The molecule has 1 aliphatic heterocycles. The van der Waals surface area contributed by atoms with Crippen molar-refractivity contribution in [2.75, 3.05) is 33.0 Å². The maximum Gasteiger partial charge on any atom is 0.119 e. The van der Waals surface area contributed by atoms with Gasteiger partial charge in [0.15, 0.2) is 0 Å². The molecule has 8 heteroatoms.